The predicted molar refractivity (Wildman–Crippen MR) is 131 cm³/mol. The fourth-order valence-corrected chi connectivity index (χ4v) is 5.27. The highest BCUT2D eigenvalue weighted by molar-refractivity contribution is 6.02. The zero-order valence-corrected chi connectivity index (χ0v) is 19.9. The second-order valence-corrected chi connectivity index (χ2v) is 9.20. The van der Waals surface area contributed by atoms with E-state index in [1.54, 1.807) is 7.11 Å². The van der Waals surface area contributed by atoms with E-state index in [1.165, 1.54) is 35.2 Å². The molecule has 2 aromatic carbocycles. The second kappa shape index (κ2) is 9.23. The third-order valence-corrected chi connectivity index (χ3v) is 6.75. The molecule has 4 heteroatoms. The molecule has 1 amide bonds. The van der Waals surface area contributed by atoms with Gasteiger partial charge >= 0.3 is 0 Å². The van der Waals surface area contributed by atoms with Gasteiger partial charge in [0.15, 0.2) is 0 Å². The quantitative estimate of drug-likeness (QED) is 0.625. The Kier molecular flexibility index (Phi) is 6.40. The molecule has 1 N–H and O–H groups in total. The summed E-state index contributed by atoms with van der Waals surface area (Å²) in [6.45, 7) is 10.9. The van der Waals surface area contributed by atoms with Gasteiger partial charge in [-0.15, -0.1) is 0 Å². The largest absolute Gasteiger partial charge is 0.497 e. The van der Waals surface area contributed by atoms with Crippen LogP contribution in [0.1, 0.15) is 56.0 Å². The summed E-state index contributed by atoms with van der Waals surface area (Å²) in [6.07, 6.45) is 3.47. The van der Waals surface area contributed by atoms with Crippen LogP contribution < -0.4 is 10.1 Å². The molecule has 1 unspecified atom stereocenters. The van der Waals surface area contributed by atoms with Crippen LogP contribution in [0.25, 0.3) is 11.1 Å². The third-order valence-electron chi connectivity index (χ3n) is 6.75. The highest BCUT2D eigenvalue weighted by Gasteiger charge is 2.29. The summed E-state index contributed by atoms with van der Waals surface area (Å²) in [4.78, 5) is 16.1. The fraction of sp³-hybridized carbons (Fsp3) is 0.393. The summed E-state index contributed by atoms with van der Waals surface area (Å²) in [5, 5.41) is 3.29. The van der Waals surface area contributed by atoms with Crippen LogP contribution in [0.4, 0.5) is 0 Å². The Morgan fingerprint density at radius 2 is 1.81 bits per heavy atom. The first-order valence-electron chi connectivity index (χ1n) is 11.6. The topological polar surface area (TPSA) is 41.6 Å². The molecule has 0 spiro atoms. The number of nitrogens with one attached hydrogen (secondary N) is 1. The number of ether oxygens (including phenoxy) is 1. The molecule has 0 saturated carbocycles. The number of nitrogens with zero attached hydrogens (tertiary/aromatic N) is 1. The molecule has 168 valence electrons. The summed E-state index contributed by atoms with van der Waals surface area (Å²) in [5.41, 5.74) is 8.56. The Bertz CT molecular complexity index is 1090. The summed E-state index contributed by atoms with van der Waals surface area (Å²) in [6, 6.07) is 14.0. The van der Waals surface area contributed by atoms with Gasteiger partial charge in [-0.05, 0) is 80.5 Å². The zero-order chi connectivity index (χ0) is 22.8. The van der Waals surface area contributed by atoms with Gasteiger partial charge in [0.25, 0.3) is 5.91 Å². The second-order valence-electron chi connectivity index (χ2n) is 9.20. The number of methoxy groups -OCH3 is 1. The van der Waals surface area contributed by atoms with E-state index in [0.29, 0.717) is 17.2 Å². The van der Waals surface area contributed by atoms with E-state index < -0.39 is 0 Å². The van der Waals surface area contributed by atoms with Gasteiger partial charge in [0, 0.05) is 30.4 Å². The lowest BCUT2D eigenvalue weighted by Gasteiger charge is -2.34. The van der Waals surface area contributed by atoms with Crippen molar-refractivity contribution in [2.24, 2.45) is 5.92 Å². The number of rotatable bonds is 5. The van der Waals surface area contributed by atoms with Gasteiger partial charge in [0.2, 0.25) is 0 Å². The monoisotopic (exact) mass is 430 g/mol. The average molecular weight is 431 g/mol. The number of benzene rings is 2. The minimum Gasteiger partial charge on any atom is -0.497 e. The normalized spacial score (nSPS) is 18.9. The van der Waals surface area contributed by atoms with Gasteiger partial charge in [0.1, 0.15) is 5.75 Å². The maximum Gasteiger partial charge on any atom is 0.256 e. The molecule has 4 nitrogen and oxygen atoms in total. The molecule has 2 aliphatic rings. The smallest absolute Gasteiger partial charge is 0.256 e. The first kappa shape index (κ1) is 22.2. The maximum absolute atomic E-state index is 13.6. The van der Waals surface area contributed by atoms with Gasteiger partial charge in [-0.25, -0.2) is 0 Å². The van der Waals surface area contributed by atoms with Crippen molar-refractivity contribution in [3.05, 3.63) is 76.1 Å². The third kappa shape index (κ3) is 4.32. The van der Waals surface area contributed by atoms with Crippen LogP contribution in [-0.4, -0.2) is 31.0 Å². The van der Waals surface area contributed by atoms with Crippen molar-refractivity contribution in [1.82, 2.24) is 10.2 Å². The first-order chi connectivity index (χ1) is 15.4. The van der Waals surface area contributed by atoms with Crippen LogP contribution in [0.5, 0.6) is 5.75 Å². The molecule has 1 aliphatic carbocycles. The minimum atomic E-state index is -0.0931. The van der Waals surface area contributed by atoms with E-state index in [4.69, 9.17) is 4.74 Å². The molecule has 0 aromatic heterocycles. The van der Waals surface area contributed by atoms with Gasteiger partial charge < -0.3 is 15.0 Å². The molecule has 2 aromatic rings. The highest BCUT2D eigenvalue weighted by Crippen LogP contribution is 2.37. The van der Waals surface area contributed by atoms with Crippen LogP contribution in [0.2, 0.25) is 0 Å². The number of allylic oxidation sites excluding steroid dienone is 3. The zero-order valence-electron chi connectivity index (χ0n) is 19.9. The number of carbonyl (C=O) groups excluding carboxylic acids is 1. The standard InChI is InChI=1S/C28H34N2O2/c1-18-9-8-10-22(15-18)24-12-11-23(32-5)17-25(24)28(31)29-26-19(2)16-20(3)27(21(26)4)30-13-6-7-14-30/h8-12,15,17,20H,6-7,13-14,16H2,1-5H3,(H,29,31). The van der Waals surface area contributed by atoms with Gasteiger partial charge in [-0.3, -0.25) is 4.79 Å². The molecule has 4 rings (SSSR count). The number of hydrogen-bond acceptors (Lipinski definition) is 3. The molecule has 1 fully saturated rings. The molecule has 0 bridgehead atoms. The van der Waals surface area contributed by atoms with Crippen molar-refractivity contribution in [2.45, 2.75) is 47.0 Å². The van der Waals surface area contributed by atoms with Crippen molar-refractivity contribution >= 4 is 5.91 Å². The lowest BCUT2D eigenvalue weighted by Crippen LogP contribution is -2.32. The Morgan fingerprint density at radius 1 is 1.06 bits per heavy atom. The number of likely N-dealkylation sites (tertiary alicyclic amines) is 1. The van der Waals surface area contributed by atoms with Gasteiger partial charge in [0.05, 0.1) is 12.7 Å². The van der Waals surface area contributed by atoms with Crippen molar-refractivity contribution in [3.63, 3.8) is 0 Å². The van der Waals surface area contributed by atoms with E-state index in [0.717, 1.165) is 36.3 Å². The summed E-state index contributed by atoms with van der Waals surface area (Å²) in [7, 11) is 1.63. The molecular formula is C28H34N2O2. The van der Waals surface area contributed by atoms with E-state index >= 15 is 0 Å². The Morgan fingerprint density at radius 3 is 2.50 bits per heavy atom. The Balaban J connectivity index is 1.71. The van der Waals surface area contributed by atoms with Crippen molar-refractivity contribution < 1.29 is 9.53 Å². The lowest BCUT2D eigenvalue weighted by molar-refractivity contribution is 0.0965. The highest BCUT2D eigenvalue weighted by atomic mass is 16.5. The minimum absolute atomic E-state index is 0.0931. The maximum atomic E-state index is 13.6. The van der Waals surface area contributed by atoms with Crippen molar-refractivity contribution in [2.75, 3.05) is 20.2 Å². The molecule has 1 atom stereocenters. The number of amides is 1. The molecular weight excluding hydrogens is 396 g/mol. The van der Waals surface area contributed by atoms with E-state index in [1.807, 2.05) is 24.3 Å². The molecule has 1 heterocycles. The predicted octanol–water partition coefficient (Wildman–Crippen LogP) is 6.08. The van der Waals surface area contributed by atoms with Crippen LogP contribution in [0.3, 0.4) is 0 Å². The summed E-state index contributed by atoms with van der Waals surface area (Å²) in [5.74, 6) is 1.07. The Hall–Kier alpha value is -3.01. The molecule has 0 radical (unpaired) electrons. The molecule has 1 saturated heterocycles. The summed E-state index contributed by atoms with van der Waals surface area (Å²) >= 11 is 0. The number of carbonyl (C=O) groups is 1. The van der Waals surface area contributed by atoms with Crippen LogP contribution in [0.15, 0.2) is 65.0 Å². The average Bonchev–Trinajstić information content (AvgIpc) is 3.30. The Labute approximate surface area is 192 Å². The fourth-order valence-electron chi connectivity index (χ4n) is 5.27. The number of aryl methyl sites for hydroxylation is 1. The van der Waals surface area contributed by atoms with Crippen LogP contribution in [-0.2, 0) is 0 Å². The number of hydrogen-bond donors (Lipinski definition) is 1. The van der Waals surface area contributed by atoms with Gasteiger partial charge in [-0.2, -0.15) is 0 Å². The van der Waals surface area contributed by atoms with Gasteiger partial charge in [-0.1, -0.05) is 36.8 Å². The lowest BCUT2D eigenvalue weighted by atomic mass is 9.86. The van der Waals surface area contributed by atoms with E-state index in [9.17, 15) is 4.79 Å². The van der Waals surface area contributed by atoms with Crippen LogP contribution >= 0.6 is 0 Å². The first-order valence-corrected chi connectivity index (χ1v) is 11.6. The molecule has 32 heavy (non-hydrogen) atoms. The summed E-state index contributed by atoms with van der Waals surface area (Å²) < 4.78 is 5.44. The van der Waals surface area contributed by atoms with Crippen molar-refractivity contribution in [3.8, 4) is 16.9 Å². The van der Waals surface area contributed by atoms with Crippen molar-refractivity contribution in [1.29, 1.82) is 0 Å². The van der Waals surface area contributed by atoms with E-state index in [2.05, 4.69) is 56.1 Å². The molecule has 1 aliphatic heterocycles. The van der Waals surface area contributed by atoms with E-state index in [-0.39, 0.29) is 5.91 Å². The SMILES string of the molecule is COc1ccc(-c2cccc(C)c2)c(C(=O)NC2=C(C)CC(C)C(N3CCCC3)=C2C)c1. The van der Waals surface area contributed by atoms with Crippen LogP contribution in [0, 0.1) is 12.8 Å².